The highest BCUT2D eigenvalue weighted by atomic mass is 32.2. The van der Waals surface area contributed by atoms with E-state index >= 15 is 0 Å². The summed E-state index contributed by atoms with van der Waals surface area (Å²) in [5.41, 5.74) is 2.93. The van der Waals surface area contributed by atoms with E-state index in [-0.39, 0.29) is 5.82 Å². The van der Waals surface area contributed by atoms with E-state index < -0.39 is 0 Å². The Bertz CT molecular complexity index is 827. The number of aliphatic imine (C=N–C) groups is 1. The third-order valence-electron chi connectivity index (χ3n) is 3.84. The molecule has 0 saturated heterocycles. The fourth-order valence-corrected chi connectivity index (χ4v) is 3.38. The second-order valence-corrected chi connectivity index (χ2v) is 6.13. The molecule has 3 nitrogen and oxygen atoms in total. The summed E-state index contributed by atoms with van der Waals surface area (Å²) >= 11 is 1.52. The molecule has 0 radical (unpaired) electrons. The highest BCUT2D eigenvalue weighted by Crippen LogP contribution is 2.25. The van der Waals surface area contributed by atoms with E-state index in [0.717, 1.165) is 35.0 Å². The average molecular weight is 323 g/mol. The van der Waals surface area contributed by atoms with Gasteiger partial charge >= 0.3 is 0 Å². The molecule has 114 valence electrons. The summed E-state index contributed by atoms with van der Waals surface area (Å²) in [5, 5.41) is 0. The fraction of sp³-hybridized carbons (Fsp3) is 0.111. The molecule has 0 aliphatic carbocycles. The van der Waals surface area contributed by atoms with Crippen molar-refractivity contribution in [1.29, 1.82) is 0 Å². The van der Waals surface area contributed by atoms with Gasteiger partial charge in [0.2, 0.25) is 0 Å². The molecule has 0 atom stereocenters. The van der Waals surface area contributed by atoms with Gasteiger partial charge in [-0.3, -0.25) is 4.99 Å². The summed E-state index contributed by atoms with van der Waals surface area (Å²) in [6, 6.07) is 14.8. The molecule has 4 rings (SSSR count). The molecule has 2 aromatic rings. The minimum atomic E-state index is -0.249. The average Bonchev–Trinajstić information content (AvgIpc) is 2.62. The minimum Gasteiger partial charge on any atom is -0.328 e. The van der Waals surface area contributed by atoms with Gasteiger partial charge in [-0.25, -0.2) is 4.39 Å². The minimum absolute atomic E-state index is 0.249. The molecule has 2 heterocycles. The van der Waals surface area contributed by atoms with Crippen LogP contribution in [0.3, 0.4) is 0 Å². The van der Waals surface area contributed by atoms with Crippen LogP contribution in [-0.4, -0.2) is 28.7 Å². The van der Waals surface area contributed by atoms with Crippen LogP contribution in [0.2, 0.25) is 0 Å². The lowest BCUT2D eigenvalue weighted by Crippen LogP contribution is -2.38. The normalized spacial score (nSPS) is 16.7. The number of hydrogen-bond donors (Lipinski definition) is 0. The molecule has 0 amide bonds. The van der Waals surface area contributed by atoms with Crippen LogP contribution in [0.5, 0.6) is 0 Å². The Morgan fingerprint density at radius 1 is 1.04 bits per heavy atom. The molecule has 5 heteroatoms. The summed E-state index contributed by atoms with van der Waals surface area (Å²) in [6.07, 6.45) is 3.66. The number of nitrogens with zero attached hydrogens (tertiary/aromatic N) is 3. The molecule has 23 heavy (non-hydrogen) atoms. The number of amidine groups is 1. The van der Waals surface area contributed by atoms with E-state index in [0.29, 0.717) is 5.56 Å². The third-order valence-corrected chi connectivity index (χ3v) is 4.50. The maximum absolute atomic E-state index is 14.6. The van der Waals surface area contributed by atoms with E-state index in [4.69, 9.17) is 0 Å². The number of halogens is 1. The van der Waals surface area contributed by atoms with Gasteiger partial charge in [0.25, 0.3) is 0 Å². The van der Waals surface area contributed by atoms with Crippen LogP contribution in [-0.2, 0) is 0 Å². The van der Waals surface area contributed by atoms with Gasteiger partial charge in [0.05, 0.1) is 0 Å². The molecular formula is C18H14FN3S. The molecule has 2 aromatic carbocycles. The predicted molar refractivity (Wildman–Crippen MR) is 94.1 cm³/mol. The lowest BCUT2D eigenvalue weighted by Gasteiger charge is -2.28. The first-order chi connectivity index (χ1) is 11.3. The van der Waals surface area contributed by atoms with Crippen LogP contribution in [0.1, 0.15) is 5.56 Å². The van der Waals surface area contributed by atoms with Crippen LogP contribution in [0.15, 0.2) is 70.3 Å². The third kappa shape index (κ3) is 2.68. The Labute approximate surface area is 138 Å². The molecule has 2 aliphatic rings. The molecule has 0 fully saturated rings. The summed E-state index contributed by atoms with van der Waals surface area (Å²) in [5.74, 6) is 1.50. The van der Waals surface area contributed by atoms with Crippen molar-refractivity contribution in [2.45, 2.75) is 0 Å². The zero-order valence-corrected chi connectivity index (χ0v) is 13.1. The van der Waals surface area contributed by atoms with E-state index in [1.165, 1.54) is 11.9 Å². The zero-order valence-electron chi connectivity index (χ0n) is 12.3. The van der Waals surface area contributed by atoms with Crippen molar-refractivity contribution in [3.63, 3.8) is 0 Å². The topological polar surface area (TPSA) is 28.0 Å². The number of benzene rings is 2. The molecule has 0 unspecified atom stereocenters. The number of hydrogen-bond acceptors (Lipinski definition) is 4. The van der Waals surface area contributed by atoms with Crippen molar-refractivity contribution in [1.82, 2.24) is 4.90 Å². The zero-order chi connectivity index (χ0) is 15.6. The summed E-state index contributed by atoms with van der Waals surface area (Å²) in [7, 11) is 0. The summed E-state index contributed by atoms with van der Waals surface area (Å²) in [6.45, 7) is 0.892. The van der Waals surface area contributed by atoms with Crippen LogP contribution in [0.4, 0.5) is 4.39 Å². The van der Waals surface area contributed by atoms with Gasteiger partial charge in [-0.2, -0.15) is 4.40 Å². The number of fused-ring (bicyclic) bond motifs is 1. The molecule has 0 aromatic heterocycles. The smallest absolute Gasteiger partial charge is 0.167 e. The van der Waals surface area contributed by atoms with Crippen molar-refractivity contribution >= 4 is 23.5 Å². The summed E-state index contributed by atoms with van der Waals surface area (Å²) in [4.78, 5) is 6.47. The van der Waals surface area contributed by atoms with Crippen LogP contribution >= 0.6 is 11.9 Å². The fourth-order valence-electron chi connectivity index (χ4n) is 2.69. The summed E-state index contributed by atoms with van der Waals surface area (Å²) < 4.78 is 19.1. The number of rotatable bonds is 2. The highest BCUT2D eigenvalue weighted by Gasteiger charge is 2.23. The quantitative estimate of drug-likeness (QED) is 0.777. The molecule has 0 spiro atoms. The Morgan fingerprint density at radius 3 is 2.74 bits per heavy atom. The Hall–Kier alpha value is -2.40. The second kappa shape index (κ2) is 6.01. The van der Waals surface area contributed by atoms with Gasteiger partial charge in [0.1, 0.15) is 11.5 Å². The molecule has 0 N–H and O–H groups in total. The van der Waals surface area contributed by atoms with Crippen molar-refractivity contribution in [2.24, 2.45) is 9.39 Å². The Balaban J connectivity index is 1.73. The van der Waals surface area contributed by atoms with Gasteiger partial charge in [-0.05, 0) is 23.6 Å². The Morgan fingerprint density at radius 2 is 1.91 bits per heavy atom. The van der Waals surface area contributed by atoms with Crippen LogP contribution in [0, 0.1) is 5.82 Å². The van der Waals surface area contributed by atoms with E-state index in [9.17, 15) is 4.39 Å². The van der Waals surface area contributed by atoms with E-state index in [2.05, 4.69) is 14.3 Å². The predicted octanol–water partition coefficient (Wildman–Crippen LogP) is 4.13. The molecule has 0 saturated carbocycles. The first-order valence-corrected chi connectivity index (χ1v) is 8.34. The van der Waals surface area contributed by atoms with E-state index in [1.807, 2.05) is 48.7 Å². The van der Waals surface area contributed by atoms with Gasteiger partial charge in [-0.1, -0.05) is 42.5 Å². The largest absolute Gasteiger partial charge is 0.328 e. The molecular weight excluding hydrogens is 309 g/mol. The first kappa shape index (κ1) is 14.2. The van der Waals surface area contributed by atoms with Gasteiger partial charge in [0, 0.05) is 35.8 Å². The maximum Gasteiger partial charge on any atom is 0.167 e. The van der Waals surface area contributed by atoms with Crippen molar-refractivity contribution in [2.75, 3.05) is 12.3 Å². The van der Waals surface area contributed by atoms with Gasteiger partial charge in [-0.15, -0.1) is 0 Å². The lowest BCUT2D eigenvalue weighted by atomic mass is 10.0. The standard InChI is InChI=1S/C18H14FN3S/c19-16-12-14(6-7-15(16)13-4-2-1-3-5-13)17-18-21-23-11-10-22(18)9-8-20-17/h1-9,12H,10-11H2. The van der Waals surface area contributed by atoms with Gasteiger partial charge in [0.15, 0.2) is 5.84 Å². The second-order valence-electron chi connectivity index (χ2n) is 5.28. The van der Waals surface area contributed by atoms with Crippen LogP contribution in [0.25, 0.3) is 11.1 Å². The first-order valence-electron chi connectivity index (χ1n) is 7.40. The molecule has 2 aliphatic heterocycles. The Kier molecular flexibility index (Phi) is 3.71. The highest BCUT2D eigenvalue weighted by molar-refractivity contribution is 7.98. The maximum atomic E-state index is 14.6. The lowest BCUT2D eigenvalue weighted by molar-refractivity contribution is 0.593. The monoisotopic (exact) mass is 323 g/mol. The van der Waals surface area contributed by atoms with Crippen molar-refractivity contribution in [3.8, 4) is 11.1 Å². The van der Waals surface area contributed by atoms with Crippen molar-refractivity contribution in [3.05, 3.63) is 72.3 Å². The van der Waals surface area contributed by atoms with Crippen LogP contribution < -0.4 is 0 Å². The molecule has 0 bridgehead atoms. The van der Waals surface area contributed by atoms with Crippen molar-refractivity contribution < 1.29 is 4.39 Å². The van der Waals surface area contributed by atoms with Gasteiger partial charge < -0.3 is 4.90 Å². The SMILES string of the molecule is Fc1cc(C2=NC=CN3CCSN=C23)ccc1-c1ccccc1. The van der Waals surface area contributed by atoms with E-state index in [1.54, 1.807) is 12.3 Å².